The van der Waals surface area contributed by atoms with Gasteiger partial charge in [-0.2, -0.15) is 5.26 Å². The molecule has 0 aromatic heterocycles. The highest BCUT2D eigenvalue weighted by molar-refractivity contribution is 7.91. The first-order chi connectivity index (χ1) is 9.32. The number of nitrogens with zero attached hydrogens (tertiary/aromatic N) is 2. The first kappa shape index (κ1) is 17.4. The normalized spacial score (nSPS) is 24.4. The second-order valence-corrected chi connectivity index (χ2v) is 8.24. The van der Waals surface area contributed by atoms with Crippen molar-refractivity contribution in [3.05, 3.63) is 0 Å². The lowest BCUT2D eigenvalue weighted by molar-refractivity contribution is 0.247. The fraction of sp³-hybridized carbons (Fsp3) is 0.929. The van der Waals surface area contributed by atoms with E-state index in [1.54, 1.807) is 0 Å². The van der Waals surface area contributed by atoms with E-state index < -0.39 is 15.4 Å². The molecule has 0 amide bonds. The molecule has 2 atom stereocenters. The van der Waals surface area contributed by atoms with Crippen molar-refractivity contribution in [3.63, 3.8) is 0 Å². The summed E-state index contributed by atoms with van der Waals surface area (Å²) >= 11 is 0. The topological polar surface area (TPSA) is 73.2 Å². The zero-order valence-electron chi connectivity index (χ0n) is 12.9. The zero-order chi connectivity index (χ0) is 15.2. The number of nitrogens with one attached hydrogen (secondary N) is 1. The van der Waals surface area contributed by atoms with Crippen molar-refractivity contribution < 1.29 is 8.42 Å². The molecule has 0 spiro atoms. The van der Waals surface area contributed by atoms with E-state index in [0.717, 1.165) is 38.8 Å². The van der Waals surface area contributed by atoms with E-state index in [2.05, 4.69) is 23.2 Å². The maximum Gasteiger partial charge on any atom is 0.151 e. The molecule has 1 rings (SSSR count). The molecule has 0 aliphatic carbocycles. The molecule has 0 radical (unpaired) electrons. The van der Waals surface area contributed by atoms with Crippen LogP contribution in [0.25, 0.3) is 0 Å². The molecule has 1 aliphatic rings. The van der Waals surface area contributed by atoms with Crippen LogP contribution < -0.4 is 5.32 Å². The molecule has 116 valence electrons. The molecule has 1 saturated heterocycles. The monoisotopic (exact) mass is 301 g/mol. The minimum absolute atomic E-state index is 0.150. The smallest absolute Gasteiger partial charge is 0.151 e. The van der Waals surface area contributed by atoms with Crippen LogP contribution in [-0.2, 0) is 9.84 Å². The van der Waals surface area contributed by atoms with Gasteiger partial charge in [0, 0.05) is 6.04 Å². The van der Waals surface area contributed by atoms with E-state index in [4.69, 9.17) is 0 Å². The molecule has 5 nitrogen and oxygen atoms in total. The maximum atomic E-state index is 11.5. The quantitative estimate of drug-likeness (QED) is 0.728. The van der Waals surface area contributed by atoms with Crippen LogP contribution in [0.2, 0.25) is 0 Å². The molecule has 1 aliphatic heterocycles. The van der Waals surface area contributed by atoms with Crippen molar-refractivity contribution in [2.24, 2.45) is 0 Å². The zero-order valence-corrected chi connectivity index (χ0v) is 13.7. The summed E-state index contributed by atoms with van der Waals surface area (Å²) < 4.78 is 22.9. The van der Waals surface area contributed by atoms with E-state index in [1.807, 2.05) is 14.0 Å². The SMILES string of the molecule is CCCNC(C)(C#N)CCCN(C)C1CCS(=O)(=O)C1. The Morgan fingerprint density at radius 1 is 1.50 bits per heavy atom. The van der Waals surface area contributed by atoms with Crippen LogP contribution in [0.4, 0.5) is 0 Å². The molecular weight excluding hydrogens is 274 g/mol. The molecule has 0 aromatic rings. The third kappa shape index (κ3) is 5.39. The summed E-state index contributed by atoms with van der Waals surface area (Å²) in [6, 6.07) is 2.49. The Hall–Kier alpha value is -0.640. The number of nitriles is 1. The van der Waals surface area contributed by atoms with E-state index in [-0.39, 0.29) is 11.8 Å². The van der Waals surface area contributed by atoms with Crippen LogP contribution in [0.3, 0.4) is 0 Å². The highest BCUT2D eigenvalue weighted by Gasteiger charge is 2.30. The molecule has 2 unspecified atom stereocenters. The van der Waals surface area contributed by atoms with Gasteiger partial charge >= 0.3 is 0 Å². The van der Waals surface area contributed by atoms with Gasteiger partial charge in [-0.25, -0.2) is 8.42 Å². The van der Waals surface area contributed by atoms with Crippen LogP contribution in [-0.4, -0.2) is 56.5 Å². The predicted octanol–water partition coefficient (Wildman–Crippen LogP) is 1.17. The highest BCUT2D eigenvalue weighted by atomic mass is 32.2. The standard InChI is InChI=1S/C14H27N3O2S/c1-4-8-16-14(2,12-15)7-5-9-17(3)13-6-10-20(18,19)11-13/h13,16H,4-11H2,1-3H3. The molecule has 6 heteroatoms. The predicted molar refractivity (Wildman–Crippen MR) is 81.2 cm³/mol. The average Bonchev–Trinajstić information content (AvgIpc) is 2.77. The Labute approximate surface area is 123 Å². The lowest BCUT2D eigenvalue weighted by Crippen LogP contribution is -2.42. The lowest BCUT2D eigenvalue weighted by Gasteiger charge is -2.26. The minimum atomic E-state index is -2.82. The largest absolute Gasteiger partial charge is 0.302 e. The summed E-state index contributed by atoms with van der Waals surface area (Å²) in [5.74, 6) is 0.600. The van der Waals surface area contributed by atoms with Crippen LogP contribution in [0.5, 0.6) is 0 Å². The van der Waals surface area contributed by atoms with Crippen molar-refractivity contribution in [1.82, 2.24) is 10.2 Å². The second-order valence-electron chi connectivity index (χ2n) is 6.01. The van der Waals surface area contributed by atoms with Gasteiger partial charge in [-0.15, -0.1) is 0 Å². The van der Waals surface area contributed by atoms with Crippen molar-refractivity contribution in [1.29, 1.82) is 5.26 Å². The minimum Gasteiger partial charge on any atom is -0.302 e. The van der Waals surface area contributed by atoms with Crippen LogP contribution in [0.1, 0.15) is 39.5 Å². The van der Waals surface area contributed by atoms with Gasteiger partial charge in [0.15, 0.2) is 9.84 Å². The van der Waals surface area contributed by atoms with E-state index in [0.29, 0.717) is 5.75 Å². The molecule has 1 heterocycles. The van der Waals surface area contributed by atoms with Gasteiger partial charge in [0.2, 0.25) is 0 Å². The van der Waals surface area contributed by atoms with E-state index >= 15 is 0 Å². The number of hydrogen-bond donors (Lipinski definition) is 1. The fourth-order valence-electron chi connectivity index (χ4n) is 2.57. The molecule has 1 N–H and O–H groups in total. The number of hydrogen-bond acceptors (Lipinski definition) is 5. The van der Waals surface area contributed by atoms with Crippen molar-refractivity contribution in [2.45, 2.75) is 51.1 Å². The van der Waals surface area contributed by atoms with Crippen LogP contribution in [0, 0.1) is 11.3 Å². The molecule has 1 fully saturated rings. The van der Waals surface area contributed by atoms with Gasteiger partial charge in [-0.05, 0) is 52.7 Å². The van der Waals surface area contributed by atoms with Gasteiger partial charge in [0.05, 0.1) is 17.6 Å². The molecule has 0 saturated carbocycles. The van der Waals surface area contributed by atoms with E-state index in [1.165, 1.54) is 0 Å². The van der Waals surface area contributed by atoms with Crippen molar-refractivity contribution in [3.8, 4) is 6.07 Å². The summed E-state index contributed by atoms with van der Waals surface area (Å²) in [6.07, 6.45) is 3.43. The first-order valence-electron chi connectivity index (χ1n) is 7.39. The van der Waals surface area contributed by atoms with E-state index in [9.17, 15) is 13.7 Å². The van der Waals surface area contributed by atoms with Crippen molar-refractivity contribution in [2.75, 3.05) is 31.6 Å². The van der Waals surface area contributed by atoms with Gasteiger partial charge < -0.3 is 4.90 Å². The van der Waals surface area contributed by atoms with Crippen molar-refractivity contribution >= 4 is 9.84 Å². The van der Waals surface area contributed by atoms with Gasteiger partial charge in [-0.3, -0.25) is 5.32 Å². The summed E-state index contributed by atoms with van der Waals surface area (Å²) in [5.41, 5.74) is -0.474. The first-order valence-corrected chi connectivity index (χ1v) is 9.21. The molecule has 0 bridgehead atoms. The van der Waals surface area contributed by atoms with Crippen LogP contribution >= 0.6 is 0 Å². The molecule has 0 aromatic carbocycles. The Morgan fingerprint density at radius 3 is 2.70 bits per heavy atom. The summed E-state index contributed by atoms with van der Waals surface area (Å²) in [7, 11) is -0.836. The van der Waals surface area contributed by atoms with Crippen LogP contribution in [0.15, 0.2) is 0 Å². The number of rotatable bonds is 8. The fourth-order valence-corrected chi connectivity index (χ4v) is 4.38. The Bertz CT molecular complexity index is 444. The second kappa shape index (κ2) is 7.39. The lowest BCUT2D eigenvalue weighted by atomic mass is 9.97. The van der Waals surface area contributed by atoms with Gasteiger partial charge in [-0.1, -0.05) is 6.92 Å². The maximum absolute atomic E-state index is 11.5. The number of sulfone groups is 1. The summed E-state index contributed by atoms with van der Waals surface area (Å²) in [5, 5.41) is 12.5. The molecule has 20 heavy (non-hydrogen) atoms. The summed E-state index contributed by atoms with van der Waals surface area (Å²) in [6.45, 7) is 5.70. The third-order valence-corrected chi connectivity index (χ3v) is 5.78. The Kier molecular flexibility index (Phi) is 6.44. The van der Waals surface area contributed by atoms with Gasteiger partial charge in [0.1, 0.15) is 5.54 Å². The third-order valence-electron chi connectivity index (χ3n) is 4.03. The average molecular weight is 301 g/mol. The summed E-state index contributed by atoms with van der Waals surface area (Å²) in [4.78, 5) is 2.13. The van der Waals surface area contributed by atoms with Gasteiger partial charge in [0.25, 0.3) is 0 Å². The highest BCUT2D eigenvalue weighted by Crippen LogP contribution is 2.18. The Morgan fingerprint density at radius 2 is 2.20 bits per heavy atom. The molecular formula is C14H27N3O2S. The Balaban J connectivity index is 2.34.